The van der Waals surface area contributed by atoms with E-state index in [1.165, 1.54) is 16.7 Å². The van der Waals surface area contributed by atoms with Gasteiger partial charge in [0.1, 0.15) is 5.03 Å². The number of fused-ring (bicyclic) bond motifs is 1. The van der Waals surface area contributed by atoms with Crippen LogP contribution in [0.25, 0.3) is 0 Å². The molecule has 0 N–H and O–H groups in total. The zero-order chi connectivity index (χ0) is 14.3. The van der Waals surface area contributed by atoms with E-state index in [9.17, 15) is 4.79 Å². The van der Waals surface area contributed by atoms with Gasteiger partial charge in [-0.25, -0.2) is 0 Å². The lowest BCUT2D eigenvalue weighted by Gasteiger charge is -2.13. The highest BCUT2D eigenvalue weighted by Gasteiger charge is 2.38. The van der Waals surface area contributed by atoms with Gasteiger partial charge in [-0.3, -0.25) is 9.69 Å². The summed E-state index contributed by atoms with van der Waals surface area (Å²) in [5.41, 5.74) is 1.06. The van der Waals surface area contributed by atoms with Crippen LogP contribution in [0.2, 0.25) is 0 Å². The average Bonchev–Trinajstić information content (AvgIpc) is 2.92. The lowest BCUT2D eigenvalue weighted by Crippen LogP contribution is -2.29. The third kappa shape index (κ3) is 1.92. The highest BCUT2D eigenvalue weighted by molar-refractivity contribution is 8.03. The van der Waals surface area contributed by atoms with Crippen molar-refractivity contribution in [2.45, 2.75) is 4.90 Å². The number of anilines is 1. The SMILES string of the molecule is C=CCN1C(=O)C(=C2Sc3ccccc3N2C)OC1=S. The molecule has 0 radical (unpaired) electrons. The molecule has 2 heterocycles. The first-order valence-electron chi connectivity index (χ1n) is 6.03. The maximum Gasteiger partial charge on any atom is 0.300 e. The normalized spacial score (nSPS) is 21.2. The number of nitrogens with zero attached hydrogens (tertiary/aromatic N) is 2. The number of hydrogen-bond donors (Lipinski definition) is 0. The minimum atomic E-state index is -0.211. The molecule has 0 atom stereocenters. The van der Waals surface area contributed by atoms with E-state index in [4.69, 9.17) is 17.0 Å². The molecule has 102 valence electrons. The largest absolute Gasteiger partial charge is 0.423 e. The van der Waals surface area contributed by atoms with Crippen molar-refractivity contribution in [2.24, 2.45) is 0 Å². The van der Waals surface area contributed by atoms with Crippen molar-refractivity contribution < 1.29 is 9.53 Å². The molecule has 1 fully saturated rings. The summed E-state index contributed by atoms with van der Waals surface area (Å²) in [5, 5.41) is 0.951. The molecule has 1 aromatic rings. The van der Waals surface area contributed by atoms with Crippen LogP contribution in [0.3, 0.4) is 0 Å². The number of carbonyl (C=O) groups is 1. The van der Waals surface area contributed by atoms with Gasteiger partial charge in [0.05, 0.1) is 5.69 Å². The number of thiocarbonyl (C=S) groups is 1. The number of thioether (sulfide) groups is 1. The summed E-state index contributed by atoms with van der Waals surface area (Å²) in [7, 11) is 1.91. The van der Waals surface area contributed by atoms with Crippen LogP contribution in [0.1, 0.15) is 0 Å². The third-order valence-electron chi connectivity index (χ3n) is 3.09. The minimum absolute atomic E-state index is 0.183. The summed E-state index contributed by atoms with van der Waals surface area (Å²) < 4.78 is 5.50. The van der Waals surface area contributed by atoms with Crippen LogP contribution in [-0.2, 0) is 9.53 Å². The molecule has 3 rings (SSSR count). The van der Waals surface area contributed by atoms with Gasteiger partial charge in [0.25, 0.3) is 11.1 Å². The Morgan fingerprint density at radius 1 is 1.45 bits per heavy atom. The van der Waals surface area contributed by atoms with Crippen molar-refractivity contribution in [1.82, 2.24) is 4.90 Å². The van der Waals surface area contributed by atoms with Crippen molar-refractivity contribution >= 4 is 40.7 Å². The molecule has 0 unspecified atom stereocenters. The van der Waals surface area contributed by atoms with Gasteiger partial charge in [0, 0.05) is 18.5 Å². The molecule has 0 bridgehead atoms. The average molecular weight is 304 g/mol. The Morgan fingerprint density at radius 3 is 2.90 bits per heavy atom. The molecule has 20 heavy (non-hydrogen) atoms. The van der Waals surface area contributed by atoms with Crippen LogP contribution in [0.4, 0.5) is 5.69 Å². The van der Waals surface area contributed by atoms with Gasteiger partial charge < -0.3 is 9.64 Å². The monoisotopic (exact) mass is 304 g/mol. The number of para-hydroxylation sites is 1. The van der Waals surface area contributed by atoms with E-state index in [0.717, 1.165) is 15.6 Å². The van der Waals surface area contributed by atoms with Crippen molar-refractivity contribution in [2.75, 3.05) is 18.5 Å². The van der Waals surface area contributed by atoms with Crippen molar-refractivity contribution in [1.29, 1.82) is 0 Å². The number of rotatable bonds is 2. The van der Waals surface area contributed by atoms with E-state index in [-0.39, 0.29) is 11.1 Å². The molecule has 0 aliphatic carbocycles. The quantitative estimate of drug-likeness (QED) is 0.476. The number of amides is 1. The Bertz CT molecular complexity index is 654. The molecule has 4 nitrogen and oxygen atoms in total. The molecule has 2 aliphatic rings. The Labute approximate surface area is 126 Å². The zero-order valence-electron chi connectivity index (χ0n) is 10.8. The minimum Gasteiger partial charge on any atom is -0.423 e. The highest BCUT2D eigenvalue weighted by atomic mass is 32.2. The summed E-state index contributed by atoms with van der Waals surface area (Å²) in [4.78, 5) is 16.8. The van der Waals surface area contributed by atoms with Crippen molar-refractivity contribution in [3.05, 3.63) is 47.7 Å². The molecule has 1 saturated heterocycles. The lowest BCUT2D eigenvalue weighted by molar-refractivity contribution is -0.122. The molecule has 0 spiro atoms. The standard InChI is InChI=1S/C14H12N2O2S2/c1-3-8-16-12(17)11(18-14(16)19)13-15(2)9-6-4-5-7-10(9)20-13/h3-7H,1,8H2,2H3. The number of benzene rings is 1. The van der Waals surface area contributed by atoms with E-state index in [1.807, 2.05) is 36.2 Å². The van der Waals surface area contributed by atoms with Crippen molar-refractivity contribution in [3.8, 4) is 0 Å². The van der Waals surface area contributed by atoms with Crippen molar-refractivity contribution in [3.63, 3.8) is 0 Å². The second kappa shape index (κ2) is 4.96. The molecule has 1 amide bonds. The molecule has 0 aromatic heterocycles. The van der Waals surface area contributed by atoms with E-state index in [0.29, 0.717) is 12.3 Å². The Morgan fingerprint density at radius 2 is 2.20 bits per heavy atom. The first-order valence-corrected chi connectivity index (χ1v) is 7.25. The Balaban J connectivity index is 2.00. The number of hydrogen-bond acceptors (Lipinski definition) is 5. The summed E-state index contributed by atoms with van der Waals surface area (Å²) in [6.07, 6.45) is 1.63. The smallest absolute Gasteiger partial charge is 0.300 e. The molecule has 1 aromatic carbocycles. The maximum absolute atomic E-state index is 12.4. The molecular weight excluding hydrogens is 292 g/mol. The predicted molar refractivity (Wildman–Crippen MR) is 83.3 cm³/mol. The fourth-order valence-electron chi connectivity index (χ4n) is 2.11. The highest BCUT2D eigenvalue weighted by Crippen LogP contribution is 2.47. The summed E-state index contributed by atoms with van der Waals surface area (Å²) >= 11 is 6.61. The van der Waals surface area contributed by atoms with Crippen LogP contribution < -0.4 is 4.90 Å². The maximum atomic E-state index is 12.4. The second-order valence-electron chi connectivity index (χ2n) is 4.34. The van der Waals surface area contributed by atoms with E-state index in [2.05, 4.69) is 6.58 Å². The Hall–Kier alpha value is -1.79. The number of ether oxygens (including phenoxy) is 1. The summed E-state index contributed by atoms with van der Waals surface area (Å²) in [5.74, 6) is 0.0811. The van der Waals surface area contributed by atoms with Crippen LogP contribution >= 0.6 is 24.0 Å². The zero-order valence-corrected chi connectivity index (χ0v) is 12.5. The lowest BCUT2D eigenvalue weighted by atomic mass is 10.3. The van der Waals surface area contributed by atoms with Gasteiger partial charge in [-0.1, -0.05) is 30.0 Å². The van der Waals surface area contributed by atoms with Crippen LogP contribution in [0.5, 0.6) is 0 Å². The van der Waals surface area contributed by atoms with Crippen LogP contribution in [0.15, 0.2) is 52.6 Å². The summed E-state index contributed by atoms with van der Waals surface area (Å²) in [6, 6.07) is 7.97. The number of carbonyl (C=O) groups excluding carboxylic acids is 1. The van der Waals surface area contributed by atoms with Gasteiger partial charge >= 0.3 is 0 Å². The van der Waals surface area contributed by atoms with Gasteiger partial charge in [0.15, 0.2) is 0 Å². The Kier molecular flexibility index (Phi) is 3.27. The van der Waals surface area contributed by atoms with E-state index < -0.39 is 0 Å². The van der Waals surface area contributed by atoms with Gasteiger partial charge in [0.2, 0.25) is 5.76 Å². The first kappa shape index (κ1) is 13.2. The fourth-order valence-corrected chi connectivity index (χ4v) is 3.48. The first-order chi connectivity index (χ1) is 9.63. The second-order valence-corrected chi connectivity index (χ2v) is 5.72. The summed E-state index contributed by atoms with van der Waals surface area (Å²) in [6.45, 7) is 3.98. The van der Waals surface area contributed by atoms with Gasteiger partial charge in [-0.2, -0.15) is 0 Å². The molecule has 2 aliphatic heterocycles. The van der Waals surface area contributed by atoms with Crippen LogP contribution in [-0.4, -0.2) is 29.6 Å². The third-order valence-corrected chi connectivity index (χ3v) is 4.61. The van der Waals surface area contributed by atoms with Crippen LogP contribution in [0, 0.1) is 0 Å². The molecular formula is C14H12N2O2S2. The van der Waals surface area contributed by atoms with E-state index in [1.54, 1.807) is 6.08 Å². The van der Waals surface area contributed by atoms with Gasteiger partial charge in [-0.15, -0.1) is 6.58 Å². The molecule has 6 heteroatoms. The predicted octanol–water partition coefficient (Wildman–Crippen LogP) is 2.73. The topological polar surface area (TPSA) is 32.8 Å². The molecule has 0 saturated carbocycles. The van der Waals surface area contributed by atoms with Gasteiger partial charge in [-0.05, 0) is 24.4 Å². The fraction of sp³-hybridized carbons (Fsp3) is 0.143. The van der Waals surface area contributed by atoms with E-state index >= 15 is 0 Å².